The molecular weight excluding hydrogens is 501 g/mol. The number of aromatic nitrogens is 4. The number of rotatable bonds is 6. The Hall–Kier alpha value is -5.22. The number of methoxy groups -OCH3 is 1. The zero-order valence-electron chi connectivity index (χ0n) is 18.9. The summed E-state index contributed by atoms with van der Waals surface area (Å²) in [5, 5.41) is 27.7. The van der Waals surface area contributed by atoms with Gasteiger partial charge in [0.15, 0.2) is 11.5 Å². The first-order valence-corrected chi connectivity index (χ1v) is 11.4. The fraction of sp³-hybridized carbons (Fsp3) is 0.0417. The van der Waals surface area contributed by atoms with E-state index in [0.29, 0.717) is 22.4 Å². The molecule has 0 aliphatic rings. The van der Waals surface area contributed by atoms with Crippen molar-refractivity contribution >= 4 is 39.1 Å². The third-order valence-corrected chi connectivity index (χ3v) is 6.32. The van der Waals surface area contributed by atoms with Gasteiger partial charge in [-0.1, -0.05) is 17.4 Å². The normalized spacial score (nSPS) is 10.7. The molecule has 0 aliphatic heterocycles. The summed E-state index contributed by atoms with van der Waals surface area (Å²) in [4.78, 5) is 32.5. The summed E-state index contributed by atoms with van der Waals surface area (Å²) in [6.45, 7) is 0. The van der Waals surface area contributed by atoms with Gasteiger partial charge in [-0.15, -0.1) is 0 Å². The molecule has 0 unspecified atom stereocenters. The highest BCUT2D eigenvalue weighted by atomic mass is 32.1. The Bertz CT molecular complexity index is 1740. The lowest BCUT2D eigenvalue weighted by atomic mass is 10.1. The van der Waals surface area contributed by atoms with Crippen LogP contribution in [0.1, 0.15) is 15.2 Å². The third-order valence-electron chi connectivity index (χ3n) is 5.29. The number of nitriles is 1. The Morgan fingerprint density at radius 1 is 1.22 bits per heavy atom. The molecule has 182 valence electrons. The molecule has 2 aromatic carbocycles. The zero-order chi connectivity index (χ0) is 26.1. The van der Waals surface area contributed by atoms with E-state index in [0.717, 1.165) is 11.3 Å². The lowest BCUT2D eigenvalue weighted by Crippen LogP contribution is -2.12. The van der Waals surface area contributed by atoms with Crippen LogP contribution in [0.3, 0.4) is 0 Å². The number of hydrogen-bond acceptors (Lipinski definition) is 9. The number of benzene rings is 2. The predicted molar refractivity (Wildman–Crippen MR) is 132 cm³/mol. The highest BCUT2D eigenvalue weighted by molar-refractivity contribution is 7.17. The van der Waals surface area contributed by atoms with Crippen molar-refractivity contribution < 1.29 is 18.8 Å². The molecule has 0 bridgehead atoms. The van der Waals surface area contributed by atoms with Gasteiger partial charge >= 0.3 is 5.00 Å². The minimum atomic E-state index is -0.616. The van der Waals surface area contributed by atoms with Gasteiger partial charge in [0, 0.05) is 11.6 Å². The summed E-state index contributed by atoms with van der Waals surface area (Å²) >= 11 is 0.720. The van der Waals surface area contributed by atoms with Crippen molar-refractivity contribution in [3.63, 3.8) is 0 Å². The number of nitro groups is 1. The minimum Gasteiger partial charge on any atom is -0.495 e. The number of halogens is 1. The third kappa shape index (κ3) is 4.44. The second-order valence-electron chi connectivity index (χ2n) is 7.55. The molecule has 1 N–H and O–H groups in total. The molecular formula is C24H14FN7O4S. The Morgan fingerprint density at radius 2 is 2.05 bits per heavy atom. The van der Waals surface area contributed by atoms with Gasteiger partial charge in [-0.2, -0.15) is 10.4 Å². The second kappa shape index (κ2) is 9.44. The minimum absolute atomic E-state index is 0.0815. The summed E-state index contributed by atoms with van der Waals surface area (Å²) < 4.78 is 20.5. The number of carbonyl (C=O) groups excluding carboxylic acids is 1. The fourth-order valence-electron chi connectivity index (χ4n) is 3.58. The van der Waals surface area contributed by atoms with Crippen molar-refractivity contribution in [2.75, 3.05) is 12.4 Å². The maximum atomic E-state index is 13.9. The van der Waals surface area contributed by atoms with E-state index in [4.69, 9.17) is 4.74 Å². The number of hydrogen-bond donors (Lipinski definition) is 1. The quantitative estimate of drug-likeness (QED) is 0.252. The van der Waals surface area contributed by atoms with Crippen LogP contribution in [-0.4, -0.2) is 37.7 Å². The first kappa shape index (κ1) is 23.5. The summed E-state index contributed by atoms with van der Waals surface area (Å²) in [5.74, 6) is -0.493. The smallest absolute Gasteiger partial charge is 0.324 e. The van der Waals surface area contributed by atoms with Crippen LogP contribution in [0.2, 0.25) is 0 Å². The van der Waals surface area contributed by atoms with Crippen LogP contribution >= 0.6 is 11.3 Å². The van der Waals surface area contributed by atoms with Crippen LogP contribution in [0.25, 0.3) is 28.1 Å². The predicted octanol–water partition coefficient (Wildman–Crippen LogP) is 4.72. The van der Waals surface area contributed by atoms with Gasteiger partial charge in [0.2, 0.25) is 0 Å². The first-order chi connectivity index (χ1) is 17.9. The van der Waals surface area contributed by atoms with Crippen LogP contribution < -0.4 is 10.1 Å². The van der Waals surface area contributed by atoms with E-state index >= 15 is 0 Å². The molecule has 0 saturated heterocycles. The molecule has 0 fully saturated rings. The number of ether oxygens (including phenoxy) is 1. The zero-order valence-corrected chi connectivity index (χ0v) is 19.7. The van der Waals surface area contributed by atoms with Gasteiger partial charge in [-0.3, -0.25) is 14.9 Å². The SMILES string of the molecule is COc1ccc(-c2nc(NC(=O)c3ccc([N+](=O)[O-])s3)c3cnn(-c4cccc(F)c4)c3n2)cc1C#N. The van der Waals surface area contributed by atoms with Gasteiger partial charge in [0.05, 0.1) is 39.7 Å². The van der Waals surface area contributed by atoms with Crippen LogP contribution in [0.5, 0.6) is 5.75 Å². The standard InChI is InChI=1S/C24H14FN7O4S/c1-36-18-6-5-13(9-14(18)11-26)21-28-22(30-24(33)19-7-8-20(37-19)32(34)35)17-12-27-31(23(17)29-21)16-4-2-3-15(25)10-16/h2-10,12H,1H3,(H,28,29,30,33). The van der Waals surface area contributed by atoms with E-state index in [1.807, 2.05) is 6.07 Å². The molecule has 3 aromatic heterocycles. The molecule has 11 nitrogen and oxygen atoms in total. The largest absolute Gasteiger partial charge is 0.495 e. The Morgan fingerprint density at radius 3 is 2.76 bits per heavy atom. The monoisotopic (exact) mass is 515 g/mol. The van der Waals surface area contributed by atoms with E-state index in [-0.39, 0.29) is 32.7 Å². The highest BCUT2D eigenvalue weighted by Crippen LogP contribution is 2.30. The van der Waals surface area contributed by atoms with Gasteiger partial charge in [-0.25, -0.2) is 19.0 Å². The summed E-state index contributed by atoms with van der Waals surface area (Å²) in [7, 11) is 1.44. The number of carbonyl (C=O) groups is 1. The Labute approximate surface area is 211 Å². The van der Waals surface area contributed by atoms with Crippen molar-refractivity contribution in [1.29, 1.82) is 5.26 Å². The van der Waals surface area contributed by atoms with Gasteiger partial charge < -0.3 is 10.1 Å². The maximum Gasteiger partial charge on any atom is 0.324 e. The summed E-state index contributed by atoms with van der Waals surface area (Å²) in [5.41, 5.74) is 1.35. The summed E-state index contributed by atoms with van der Waals surface area (Å²) in [6.07, 6.45) is 1.42. The van der Waals surface area contributed by atoms with Crippen molar-refractivity contribution in [2.24, 2.45) is 0 Å². The van der Waals surface area contributed by atoms with Crippen molar-refractivity contribution in [2.45, 2.75) is 0 Å². The van der Waals surface area contributed by atoms with E-state index < -0.39 is 16.6 Å². The van der Waals surface area contributed by atoms with Crippen LogP contribution in [-0.2, 0) is 0 Å². The number of nitrogens with zero attached hydrogens (tertiary/aromatic N) is 6. The van der Waals surface area contributed by atoms with Crippen molar-refractivity contribution in [3.05, 3.63) is 87.2 Å². The summed E-state index contributed by atoms with van der Waals surface area (Å²) in [6, 6.07) is 15.1. The molecule has 5 aromatic rings. The van der Waals surface area contributed by atoms with Gasteiger partial charge in [0.25, 0.3) is 5.91 Å². The molecule has 37 heavy (non-hydrogen) atoms. The molecule has 3 heterocycles. The highest BCUT2D eigenvalue weighted by Gasteiger charge is 2.21. The second-order valence-corrected chi connectivity index (χ2v) is 8.61. The molecule has 0 spiro atoms. The van der Waals surface area contributed by atoms with Gasteiger partial charge in [0.1, 0.15) is 23.5 Å². The molecule has 0 aliphatic carbocycles. The van der Waals surface area contributed by atoms with Crippen molar-refractivity contribution in [1.82, 2.24) is 19.7 Å². The molecule has 5 rings (SSSR count). The fourth-order valence-corrected chi connectivity index (χ4v) is 4.30. The van der Waals surface area contributed by atoms with Gasteiger partial charge in [-0.05, 0) is 42.5 Å². The molecule has 1 amide bonds. The van der Waals surface area contributed by atoms with E-state index in [2.05, 4.69) is 20.4 Å². The van der Waals surface area contributed by atoms with E-state index in [1.54, 1.807) is 18.2 Å². The lowest BCUT2D eigenvalue weighted by molar-refractivity contribution is -0.380. The Balaban J connectivity index is 1.66. The molecule has 0 atom stereocenters. The number of amides is 1. The number of nitrogens with one attached hydrogen (secondary N) is 1. The number of fused-ring (bicyclic) bond motifs is 1. The van der Waals surface area contributed by atoms with Crippen molar-refractivity contribution in [3.8, 4) is 28.9 Å². The van der Waals surface area contributed by atoms with E-state index in [9.17, 15) is 24.6 Å². The molecule has 13 heteroatoms. The lowest BCUT2D eigenvalue weighted by Gasteiger charge is -2.10. The van der Waals surface area contributed by atoms with E-state index in [1.165, 1.54) is 54.4 Å². The first-order valence-electron chi connectivity index (χ1n) is 10.5. The van der Waals surface area contributed by atoms with Crippen LogP contribution in [0.4, 0.5) is 15.2 Å². The number of anilines is 1. The molecule has 0 radical (unpaired) electrons. The number of thiophene rings is 1. The maximum absolute atomic E-state index is 13.9. The average Bonchev–Trinajstić information content (AvgIpc) is 3.56. The average molecular weight is 515 g/mol. The topological polar surface area (TPSA) is 149 Å². The Kier molecular flexibility index (Phi) is 6.00. The van der Waals surface area contributed by atoms with Crippen LogP contribution in [0.15, 0.2) is 60.8 Å². The molecule has 0 saturated carbocycles. The van der Waals surface area contributed by atoms with Crippen LogP contribution in [0, 0.1) is 27.3 Å².